The third-order valence-electron chi connectivity index (χ3n) is 7.81. The number of aliphatic hydroxyl groups excluding tert-OH is 1. The van der Waals surface area contributed by atoms with Gasteiger partial charge in [-0.05, 0) is 60.2 Å². The monoisotopic (exact) mass is 540 g/mol. The van der Waals surface area contributed by atoms with Crippen molar-refractivity contribution in [3.8, 4) is 11.1 Å². The number of rotatable bonds is 10. The van der Waals surface area contributed by atoms with E-state index in [1.54, 1.807) is 12.1 Å². The molecule has 0 saturated carbocycles. The van der Waals surface area contributed by atoms with Crippen LogP contribution in [0.3, 0.4) is 0 Å². The van der Waals surface area contributed by atoms with Crippen LogP contribution in [0.2, 0.25) is 0 Å². The summed E-state index contributed by atoms with van der Waals surface area (Å²) < 4.78 is 0. The van der Waals surface area contributed by atoms with Crippen molar-refractivity contribution in [2.75, 3.05) is 18.4 Å². The number of anilines is 1. The first-order valence-electron chi connectivity index (χ1n) is 14.1. The van der Waals surface area contributed by atoms with Gasteiger partial charge in [0.2, 0.25) is 0 Å². The largest absolute Gasteiger partial charge is 0.393 e. The Balaban J connectivity index is 1.29. The number of pyridine rings is 2. The maximum absolute atomic E-state index is 13.2. The summed E-state index contributed by atoms with van der Waals surface area (Å²) in [6.45, 7) is 6.71. The lowest BCUT2D eigenvalue weighted by atomic mass is 9.96. The molecule has 40 heavy (non-hydrogen) atoms. The Labute approximate surface area is 234 Å². The number of nitrogens with zero attached hydrogens (tertiary/aromatic N) is 4. The number of aromatic amines is 1. The highest BCUT2D eigenvalue weighted by Gasteiger charge is 2.19. The smallest absolute Gasteiger partial charge is 0.276 e. The van der Waals surface area contributed by atoms with E-state index < -0.39 is 0 Å². The van der Waals surface area contributed by atoms with E-state index in [4.69, 9.17) is 0 Å². The van der Waals surface area contributed by atoms with E-state index in [-0.39, 0.29) is 23.5 Å². The van der Waals surface area contributed by atoms with Gasteiger partial charge < -0.3 is 10.4 Å². The van der Waals surface area contributed by atoms with Gasteiger partial charge in [-0.15, -0.1) is 0 Å². The average molecular weight is 541 g/mol. The maximum Gasteiger partial charge on any atom is 0.276 e. The molecule has 1 saturated heterocycles. The van der Waals surface area contributed by atoms with E-state index in [9.17, 15) is 14.7 Å². The van der Waals surface area contributed by atoms with Crippen molar-refractivity contribution in [1.29, 1.82) is 0 Å². The minimum atomic E-state index is -0.361. The number of aliphatic hydroxyl groups is 1. The van der Waals surface area contributed by atoms with Crippen molar-refractivity contribution >= 4 is 28.3 Å². The molecule has 0 radical (unpaired) electrons. The van der Waals surface area contributed by atoms with Gasteiger partial charge in [0.25, 0.3) is 5.91 Å². The standard InChI is InChI=1S/C31H36N6O3/c1-3-20(4-2)14-29(39)28-8-6-24(18-33-28)34-31(40)30-26-15-22(5-7-27(26)35-36-30)23-13-21(16-32-17-23)19-37-11-9-25(38)10-12-37/h5-8,13,15-18,20,25,38H,3-4,9-12,14,19H2,1-2H3,(H,34,40)(H,35,36). The highest BCUT2D eigenvalue weighted by molar-refractivity contribution is 6.11. The molecule has 208 valence electrons. The topological polar surface area (TPSA) is 124 Å². The predicted octanol–water partition coefficient (Wildman–Crippen LogP) is 5.24. The molecule has 4 heterocycles. The number of piperidine rings is 1. The number of hydrogen-bond donors (Lipinski definition) is 3. The van der Waals surface area contributed by atoms with Crippen LogP contribution in [0.1, 0.15) is 72.5 Å². The minimum Gasteiger partial charge on any atom is -0.393 e. The first kappa shape index (κ1) is 27.6. The molecular formula is C31H36N6O3. The van der Waals surface area contributed by atoms with E-state index in [1.807, 2.05) is 30.6 Å². The molecule has 3 N–H and O–H groups in total. The molecule has 1 aromatic carbocycles. The van der Waals surface area contributed by atoms with Crippen LogP contribution in [-0.2, 0) is 6.54 Å². The number of carbonyl (C=O) groups is 2. The van der Waals surface area contributed by atoms with Crippen LogP contribution in [-0.4, -0.2) is 61.1 Å². The Morgan fingerprint density at radius 3 is 2.58 bits per heavy atom. The molecule has 4 aromatic rings. The van der Waals surface area contributed by atoms with E-state index in [0.717, 1.165) is 67.5 Å². The molecule has 3 aromatic heterocycles. The molecule has 9 heteroatoms. The summed E-state index contributed by atoms with van der Waals surface area (Å²) in [5.74, 6) is 0.0144. The van der Waals surface area contributed by atoms with Crippen LogP contribution in [0.25, 0.3) is 22.0 Å². The van der Waals surface area contributed by atoms with Gasteiger partial charge in [-0.3, -0.25) is 29.6 Å². The number of fused-ring (bicyclic) bond motifs is 1. The van der Waals surface area contributed by atoms with Crippen molar-refractivity contribution in [3.05, 3.63) is 71.9 Å². The van der Waals surface area contributed by atoms with Gasteiger partial charge >= 0.3 is 0 Å². The second-order valence-electron chi connectivity index (χ2n) is 10.6. The predicted molar refractivity (Wildman–Crippen MR) is 155 cm³/mol. The van der Waals surface area contributed by atoms with Crippen LogP contribution in [0, 0.1) is 5.92 Å². The van der Waals surface area contributed by atoms with Gasteiger partial charge in [0, 0.05) is 49.4 Å². The summed E-state index contributed by atoms with van der Waals surface area (Å²) in [5, 5.41) is 20.5. The summed E-state index contributed by atoms with van der Waals surface area (Å²) in [5.41, 5.74) is 4.95. The van der Waals surface area contributed by atoms with Crippen molar-refractivity contribution in [2.24, 2.45) is 5.92 Å². The molecule has 1 aliphatic rings. The fraction of sp³-hybridized carbons (Fsp3) is 0.387. The minimum absolute atomic E-state index is 0.0192. The van der Waals surface area contributed by atoms with Crippen LogP contribution in [0.4, 0.5) is 5.69 Å². The number of hydrogen-bond acceptors (Lipinski definition) is 7. The van der Waals surface area contributed by atoms with Gasteiger partial charge in [-0.1, -0.05) is 32.8 Å². The normalized spacial score (nSPS) is 14.6. The second-order valence-corrected chi connectivity index (χ2v) is 10.6. The lowest BCUT2D eigenvalue weighted by Gasteiger charge is -2.29. The first-order valence-corrected chi connectivity index (χ1v) is 14.1. The SMILES string of the molecule is CCC(CC)CC(=O)c1ccc(NC(=O)c2n[nH]c3ccc(-c4cncc(CN5CCC(O)CC5)c4)cc23)cn1. The zero-order valence-electron chi connectivity index (χ0n) is 23.1. The number of H-pyrrole nitrogens is 1. The number of benzene rings is 1. The van der Waals surface area contributed by atoms with Crippen LogP contribution in [0.5, 0.6) is 0 Å². The number of carbonyl (C=O) groups excluding carboxylic acids is 2. The summed E-state index contributed by atoms with van der Waals surface area (Å²) in [4.78, 5) is 36.8. The Morgan fingerprint density at radius 1 is 1.05 bits per heavy atom. The Hall–Kier alpha value is -3.95. The zero-order chi connectivity index (χ0) is 28.1. The van der Waals surface area contributed by atoms with E-state index in [2.05, 4.69) is 50.3 Å². The fourth-order valence-corrected chi connectivity index (χ4v) is 5.20. The van der Waals surface area contributed by atoms with Crippen LogP contribution in [0.15, 0.2) is 55.0 Å². The third-order valence-corrected chi connectivity index (χ3v) is 7.81. The van der Waals surface area contributed by atoms with E-state index >= 15 is 0 Å². The Kier molecular flexibility index (Phi) is 8.62. The maximum atomic E-state index is 13.2. The van der Waals surface area contributed by atoms with Gasteiger partial charge in [-0.25, -0.2) is 0 Å². The Bertz CT molecular complexity index is 1470. The molecule has 0 bridgehead atoms. The van der Waals surface area contributed by atoms with Gasteiger partial charge in [-0.2, -0.15) is 5.10 Å². The highest BCUT2D eigenvalue weighted by atomic mass is 16.3. The summed E-state index contributed by atoms with van der Waals surface area (Å²) in [6, 6.07) is 11.3. The van der Waals surface area contributed by atoms with E-state index in [0.29, 0.717) is 29.1 Å². The number of Topliss-reactive ketones (excluding diaryl/α,β-unsaturated/α-hetero) is 1. The summed E-state index contributed by atoms with van der Waals surface area (Å²) >= 11 is 0. The van der Waals surface area contributed by atoms with Gasteiger partial charge in [0.1, 0.15) is 5.69 Å². The lowest BCUT2D eigenvalue weighted by molar-refractivity contribution is 0.0792. The van der Waals surface area contributed by atoms with Crippen molar-refractivity contribution in [1.82, 2.24) is 25.1 Å². The average Bonchev–Trinajstić information content (AvgIpc) is 3.41. The summed E-state index contributed by atoms with van der Waals surface area (Å²) in [6.07, 6.45) is 9.01. The molecule has 1 aliphatic heterocycles. The third kappa shape index (κ3) is 6.43. The number of nitrogens with one attached hydrogen (secondary N) is 2. The molecule has 1 fully saturated rings. The molecule has 0 aliphatic carbocycles. The fourth-order valence-electron chi connectivity index (χ4n) is 5.20. The molecule has 0 spiro atoms. The van der Waals surface area contributed by atoms with E-state index in [1.165, 1.54) is 6.20 Å². The molecule has 1 amide bonds. The molecular weight excluding hydrogens is 504 g/mol. The number of ketones is 1. The zero-order valence-corrected chi connectivity index (χ0v) is 23.1. The van der Waals surface area contributed by atoms with Crippen molar-refractivity contribution in [3.63, 3.8) is 0 Å². The number of aromatic nitrogens is 4. The first-order chi connectivity index (χ1) is 19.4. The molecule has 0 unspecified atom stereocenters. The van der Waals surface area contributed by atoms with Crippen LogP contribution < -0.4 is 5.32 Å². The quantitative estimate of drug-likeness (QED) is 0.235. The van der Waals surface area contributed by atoms with Crippen LogP contribution >= 0.6 is 0 Å². The number of likely N-dealkylation sites (tertiary alicyclic amines) is 1. The lowest BCUT2D eigenvalue weighted by Crippen LogP contribution is -2.35. The molecule has 0 atom stereocenters. The highest BCUT2D eigenvalue weighted by Crippen LogP contribution is 2.27. The second kappa shape index (κ2) is 12.5. The molecule has 5 rings (SSSR count). The molecule has 9 nitrogen and oxygen atoms in total. The van der Waals surface area contributed by atoms with Gasteiger partial charge in [0.05, 0.1) is 23.5 Å². The number of amides is 1. The van der Waals surface area contributed by atoms with Crippen molar-refractivity contribution < 1.29 is 14.7 Å². The summed E-state index contributed by atoms with van der Waals surface area (Å²) in [7, 11) is 0. The van der Waals surface area contributed by atoms with Crippen molar-refractivity contribution in [2.45, 2.75) is 58.6 Å². The Morgan fingerprint density at radius 2 is 1.85 bits per heavy atom. The van der Waals surface area contributed by atoms with Gasteiger partial charge in [0.15, 0.2) is 11.5 Å².